The SMILES string of the molecule is CN=C(NCc1ccco1)NCc1nc(C(F)(F)F)cs1. The average molecular weight is 318 g/mol. The van der Waals surface area contributed by atoms with E-state index in [-0.39, 0.29) is 6.54 Å². The summed E-state index contributed by atoms with van der Waals surface area (Å²) in [6.45, 7) is 0.594. The highest BCUT2D eigenvalue weighted by atomic mass is 32.1. The van der Waals surface area contributed by atoms with Crippen molar-refractivity contribution in [2.24, 2.45) is 4.99 Å². The molecule has 0 saturated heterocycles. The van der Waals surface area contributed by atoms with Crippen LogP contribution in [0.2, 0.25) is 0 Å². The second kappa shape index (κ2) is 6.61. The molecule has 0 bridgehead atoms. The third-order valence-electron chi connectivity index (χ3n) is 2.48. The molecule has 9 heteroatoms. The van der Waals surface area contributed by atoms with Gasteiger partial charge < -0.3 is 15.1 Å². The highest BCUT2D eigenvalue weighted by Gasteiger charge is 2.33. The quantitative estimate of drug-likeness (QED) is 0.672. The van der Waals surface area contributed by atoms with Gasteiger partial charge in [-0.2, -0.15) is 13.2 Å². The first-order valence-electron chi connectivity index (χ1n) is 5.97. The maximum atomic E-state index is 12.4. The van der Waals surface area contributed by atoms with Gasteiger partial charge in [-0.1, -0.05) is 0 Å². The Kier molecular flexibility index (Phi) is 4.84. The van der Waals surface area contributed by atoms with Crippen LogP contribution in [0.15, 0.2) is 33.2 Å². The second-order valence-corrected chi connectivity index (χ2v) is 4.93. The minimum Gasteiger partial charge on any atom is -0.467 e. The molecule has 0 amide bonds. The fourth-order valence-corrected chi connectivity index (χ4v) is 2.23. The molecular weight excluding hydrogens is 305 g/mol. The molecule has 21 heavy (non-hydrogen) atoms. The van der Waals surface area contributed by atoms with Crippen molar-refractivity contribution >= 4 is 17.3 Å². The van der Waals surface area contributed by atoms with Crippen LogP contribution in [0.25, 0.3) is 0 Å². The number of rotatable bonds is 4. The van der Waals surface area contributed by atoms with Gasteiger partial charge in [0.05, 0.1) is 19.4 Å². The van der Waals surface area contributed by atoms with Crippen LogP contribution >= 0.6 is 11.3 Å². The summed E-state index contributed by atoms with van der Waals surface area (Å²) in [5.74, 6) is 1.18. The van der Waals surface area contributed by atoms with E-state index in [1.165, 1.54) is 0 Å². The summed E-state index contributed by atoms with van der Waals surface area (Å²) in [5, 5.41) is 7.20. The lowest BCUT2D eigenvalue weighted by atomic mass is 10.4. The Morgan fingerprint density at radius 1 is 1.38 bits per heavy atom. The number of furan rings is 1. The number of thiazole rings is 1. The summed E-state index contributed by atoms with van der Waals surface area (Å²) in [6.07, 6.45) is -2.85. The van der Waals surface area contributed by atoms with Crippen molar-refractivity contribution in [3.8, 4) is 0 Å². The largest absolute Gasteiger partial charge is 0.467 e. The van der Waals surface area contributed by atoms with Crippen molar-refractivity contribution in [1.29, 1.82) is 0 Å². The van der Waals surface area contributed by atoms with Gasteiger partial charge in [0.1, 0.15) is 10.8 Å². The number of hydrogen-bond donors (Lipinski definition) is 2. The van der Waals surface area contributed by atoms with E-state index in [1.807, 2.05) is 0 Å². The maximum Gasteiger partial charge on any atom is 0.434 e. The van der Waals surface area contributed by atoms with Gasteiger partial charge in [0.15, 0.2) is 11.7 Å². The highest BCUT2D eigenvalue weighted by Crippen LogP contribution is 2.29. The van der Waals surface area contributed by atoms with Crippen LogP contribution in [0.5, 0.6) is 0 Å². The summed E-state index contributed by atoms with van der Waals surface area (Å²) in [5.41, 5.74) is -0.872. The molecule has 2 aromatic heterocycles. The number of halogens is 3. The molecule has 0 radical (unpaired) electrons. The van der Waals surface area contributed by atoms with Crippen LogP contribution in [-0.4, -0.2) is 18.0 Å². The van der Waals surface area contributed by atoms with Crippen LogP contribution in [0.1, 0.15) is 16.5 Å². The number of guanidine groups is 1. The Morgan fingerprint density at radius 3 is 2.71 bits per heavy atom. The third-order valence-corrected chi connectivity index (χ3v) is 3.33. The van der Waals surface area contributed by atoms with Gasteiger partial charge >= 0.3 is 6.18 Å². The Balaban J connectivity index is 1.84. The minimum absolute atomic E-state index is 0.165. The molecule has 2 heterocycles. The van der Waals surface area contributed by atoms with Crippen molar-refractivity contribution in [3.63, 3.8) is 0 Å². The molecule has 0 saturated carbocycles. The third kappa shape index (κ3) is 4.48. The van der Waals surface area contributed by atoms with Crippen molar-refractivity contribution in [2.45, 2.75) is 19.3 Å². The number of nitrogens with one attached hydrogen (secondary N) is 2. The van der Waals surface area contributed by atoms with E-state index in [4.69, 9.17) is 4.42 Å². The summed E-state index contributed by atoms with van der Waals surface area (Å²) >= 11 is 0.950. The predicted octanol–water partition coefficient (Wildman–Crippen LogP) is 2.62. The monoisotopic (exact) mass is 318 g/mol. The van der Waals surface area contributed by atoms with Gasteiger partial charge in [-0.3, -0.25) is 4.99 Å². The number of hydrogen-bond acceptors (Lipinski definition) is 4. The lowest BCUT2D eigenvalue weighted by molar-refractivity contribution is -0.140. The second-order valence-electron chi connectivity index (χ2n) is 3.98. The number of nitrogens with zero attached hydrogens (tertiary/aromatic N) is 2. The van der Waals surface area contributed by atoms with E-state index in [1.54, 1.807) is 25.4 Å². The standard InChI is InChI=1S/C12H13F3N4OS/c1-16-11(17-5-8-3-2-4-20-8)18-6-10-19-9(7-21-10)12(13,14)15/h2-4,7H,5-6H2,1H3,(H2,16,17,18). The van der Waals surface area contributed by atoms with E-state index in [0.717, 1.165) is 22.5 Å². The highest BCUT2D eigenvalue weighted by molar-refractivity contribution is 7.09. The van der Waals surface area contributed by atoms with Crippen LogP contribution in [0.3, 0.4) is 0 Å². The summed E-state index contributed by atoms with van der Waals surface area (Å²) in [4.78, 5) is 7.49. The molecule has 114 valence electrons. The van der Waals surface area contributed by atoms with Crippen molar-refractivity contribution in [2.75, 3.05) is 7.05 Å². The van der Waals surface area contributed by atoms with Crippen LogP contribution in [-0.2, 0) is 19.3 Å². The molecule has 0 aliphatic heterocycles. The zero-order chi connectivity index (χ0) is 15.3. The molecule has 0 spiro atoms. The number of alkyl halides is 3. The zero-order valence-electron chi connectivity index (χ0n) is 11.1. The topological polar surface area (TPSA) is 62.5 Å². The lowest BCUT2D eigenvalue weighted by Gasteiger charge is -2.09. The lowest BCUT2D eigenvalue weighted by Crippen LogP contribution is -2.36. The molecule has 0 aromatic carbocycles. The number of aromatic nitrogens is 1. The van der Waals surface area contributed by atoms with Gasteiger partial charge in [-0.05, 0) is 12.1 Å². The fourth-order valence-electron chi connectivity index (χ4n) is 1.49. The van der Waals surface area contributed by atoms with Gasteiger partial charge in [0, 0.05) is 12.4 Å². The van der Waals surface area contributed by atoms with Gasteiger partial charge in [-0.25, -0.2) is 4.98 Å². The predicted molar refractivity (Wildman–Crippen MR) is 72.9 cm³/mol. The van der Waals surface area contributed by atoms with Crippen molar-refractivity contribution < 1.29 is 17.6 Å². The summed E-state index contributed by atoms with van der Waals surface area (Å²) in [6, 6.07) is 3.57. The summed E-state index contributed by atoms with van der Waals surface area (Å²) in [7, 11) is 1.57. The first-order chi connectivity index (χ1) is 9.99. The molecular formula is C12H13F3N4OS. The van der Waals surface area contributed by atoms with Gasteiger partial charge in [-0.15, -0.1) is 11.3 Å². The van der Waals surface area contributed by atoms with E-state index in [2.05, 4.69) is 20.6 Å². The van der Waals surface area contributed by atoms with Gasteiger partial charge in [0.2, 0.25) is 0 Å². The normalized spacial score (nSPS) is 12.5. The van der Waals surface area contributed by atoms with Crippen molar-refractivity contribution in [1.82, 2.24) is 15.6 Å². The van der Waals surface area contributed by atoms with Crippen molar-refractivity contribution in [3.05, 3.63) is 40.2 Å². The Labute approximate surface area is 122 Å². The van der Waals surface area contributed by atoms with Gasteiger partial charge in [0.25, 0.3) is 0 Å². The fraction of sp³-hybridized carbons (Fsp3) is 0.333. The molecule has 2 N–H and O–H groups in total. The molecule has 0 unspecified atom stereocenters. The van der Waals surface area contributed by atoms with E-state index in [9.17, 15) is 13.2 Å². The van der Waals surface area contributed by atoms with Crippen LogP contribution < -0.4 is 10.6 Å². The smallest absolute Gasteiger partial charge is 0.434 e. The van der Waals surface area contributed by atoms with E-state index < -0.39 is 11.9 Å². The maximum absolute atomic E-state index is 12.4. The Hall–Kier alpha value is -2.03. The number of aliphatic imine (C=N–C) groups is 1. The zero-order valence-corrected chi connectivity index (χ0v) is 11.9. The van der Waals surface area contributed by atoms with Crippen LogP contribution in [0, 0.1) is 0 Å². The first kappa shape index (κ1) is 15.4. The molecule has 0 aliphatic rings. The Morgan fingerprint density at radius 2 is 2.14 bits per heavy atom. The van der Waals surface area contributed by atoms with E-state index in [0.29, 0.717) is 17.5 Å². The minimum atomic E-state index is -4.41. The first-order valence-corrected chi connectivity index (χ1v) is 6.85. The molecule has 0 fully saturated rings. The summed E-state index contributed by atoms with van der Waals surface area (Å²) < 4.78 is 42.4. The molecule has 2 aromatic rings. The van der Waals surface area contributed by atoms with Crippen LogP contribution in [0.4, 0.5) is 13.2 Å². The molecule has 0 atom stereocenters. The average Bonchev–Trinajstić information content (AvgIpc) is 3.09. The molecule has 5 nitrogen and oxygen atoms in total. The Bertz CT molecular complexity index is 592. The molecule has 0 aliphatic carbocycles. The molecule has 2 rings (SSSR count). The van der Waals surface area contributed by atoms with E-state index >= 15 is 0 Å².